The molecule has 6 nitrogen and oxygen atoms in total. The van der Waals surface area contributed by atoms with Crippen molar-refractivity contribution in [2.24, 2.45) is 0 Å². The van der Waals surface area contributed by atoms with Gasteiger partial charge >= 0.3 is 0 Å². The first kappa shape index (κ1) is 22.7. The number of carbonyl (C=O) groups excluding carboxylic acids is 1. The number of halogens is 1. The first-order chi connectivity index (χ1) is 14.9. The van der Waals surface area contributed by atoms with Crippen LogP contribution in [0.5, 0.6) is 5.75 Å². The van der Waals surface area contributed by atoms with E-state index < -0.39 is 10.0 Å². The van der Waals surface area contributed by atoms with E-state index in [-0.39, 0.29) is 21.4 Å². The number of amides is 1. The second-order valence-corrected chi connectivity index (χ2v) is 8.76. The molecule has 0 bridgehead atoms. The molecular weight excluding hydrogens is 436 g/mol. The molecule has 162 valence electrons. The lowest BCUT2D eigenvalue weighted by atomic mass is 10.1. The SMILES string of the molecule is CCOc1ccc(NS(=O)(=O)c2cc(C(=O)NCCc3ccccc3)ccc2Cl)cc1. The Morgan fingerprint density at radius 1 is 1.00 bits per heavy atom. The molecule has 0 aromatic heterocycles. The second kappa shape index (κ2) is 10.3. The number of carbonyl (C=O) groups is 1. The third-order valence-corrected chi connectivity index (χ3v) is 6.31. The summed E-state index contributed by atoms with van der Waals surface area (Å²) in [5.41, 5.74) is 1.67. The van der Waals surface area contributed by atoms with Gasteiger partial charge in [0.15, 0.2) is 0 Å². The lowest BCUT2D eigenvalue weighted by Crippen LogP contribution is -2.26. The van der Waals surface area contributed by atoms with Crippen molar-refractivity contribution in [1.29, 1.82) is 0 Å². The number of hydrogen-bond acceptors (Lipinski definition) is 4. The molecule has 0 heterocycles. The molecule has 0 saturated carbocycles. The summed E-state index contributed by atoms with van der Waals surface area (Å²) < 4.78 is 33.5. The fraction of sp³-hybridized carbons (Fsp3) is 0.174. The fourth-order valence-electron chi connectivity index (χ4n) is 2.91. The van der Waals surface area contributed by atoms with E-state index in [1.54, 1.807) is 24.3 Å². The minimum Gasteiger partial charge on any atom is -0.494 e. The van der Waals surface area contributed by atoms with Crippen LogP contribution in [-0.2, 0) is 16.4 Å². The first-order valence-electron chi connectivity index (χ1n) is 9.76. The summed E-state index contributed by atoms with van der Waals surface area (Å²) in [5, 5.41) is 2.83. The predicted molar refractivity (Wildman–Crippen MR) is 122 cm³/mol. The highest BCUT2D eigenvalue weighted by Crippen LogP contribution is 2.26. The van der Waals surface area contributed by atoms with Crippen LogP contribution in [0.25, 0.3) is 0 Å². The highest BCUT2D eigenvalue weighted by molar-refractivity contribution is 7.92. The maximum absolute atomic E-state index is 12.8. The van der Waals surface area contributed by atoms with Gasteiger partial charge in [-0.25, -0.2) is 8.42 Å². The van der Waals surface area contributed by atoms with Gasteiger partial charge in [-0.05, 0) is 61.4 Å². The zero-order chi connectivity index (χ0) is 22.3. The van der Waals surface area contributed by atoms with Crippen LogP contribution < -0.4 is 14.8 Å². The van der Waals surface area contributed by atoms with Crippen LogP contribution in [-0.4, -0.2) is 27.5 Å². The van der Waals surface area contributed by atoms with E-state index in [4.69, 9.17) is 16.3 Å². The second-order valence-electron chi connectivity index (χ2n) is 6.70. The van der Waals surface area contributed by atoms with Crippen molar-refractivity contribution in [3.05, 3.63) is 88.9 Å². The molecule has 0 aliphatic carbocycles. The van der Waals surface area contributed by atoms with Crippen molar-refractivity contribution in [2.75, 3.05) is 17.9 Å². The Bertz CT molecular complexity index is 1130. The fourth-order valence-corrected chi connectivity index (χ4v) is 4.50. The maximum atomic E-state index is 12.8. The quantitative estimate of drug-likeness (QED) is 0.494. The Hall–Kier alpha value is -3.03. The van der Waals surface area contributed by atoms with E-state index in [0.29, 0.717) is 31.0 Å². The third-order valence-electron chi connectivity index (χ3n) is 4.44. The minimum atomic E-state index is -3.99. The molecular formula is C23H23ClN2O4S. The number of nitrogens with one attached hydrogen (secondary N) is 2. The molecule has 0 aliphatic rings. The van der Waals surface area contributed by atoms with Gasteiger partial charge in [0.05, 0.1) is 11.6 Å². The molecule has 3 aromatic rings. The zero-order valence-electron chi connectivity index (χ0n) is 17.0. The molecule has 0 aliphatic heterocycles. The molecule has 8 heteroatoms. The van der Waals surface area contributed by atoms with Crippen molar-refractivity contribution in [2.45, 2.75) is 18.2 Å². The van der Waals surface area contributed by atoms with Crippen molar-refractivity contribution in [3.8, 4) is 5.75 Å². The van der Waals surface area contributed by atoms with Gasteiger partial charge in [-0.3, -0.25) is 9.52 Å². The van der Waals surface area contributed by atoms with Crippen molar-refractivity contribution in [3.63, 3.8) is 0 Å². The third kappa shape index (κ3) is 6.23. The minimum absolute atomic E-state index is 0.0271. The predicted octanol–water partition coefficient (Wildman–Crippen LogP) is 4.51. The number of hydrogen-bond donors (Lipinski definition) is 2. The van der Waals surface area contributed by atoms with Crippen LogP contribution in [0.4, 0.5) is 5.69 Å². The van der Waals surface area contributed by atoms with Crippen LogP contribution in [0.2, 0.25) is 5.02 Å². The van der Waals surface area contributed by atoms with Gasteiger partial charge in [0.25, 0.3) is 15.9 Å². The van der Waals surface area contributed by atoms with Gasteiger partial charge in [-0.15, -0.1) is 0 Å². The summed E-state index contributed by atoms with van der Waals surface area (Å²) >= 11 is 6.13. The average Bonchev–Trinajstić information content (AvgIpc) is 2.76. The van der Waals surface area contributed by atoms with Crippen LogP contribution in [0.15, 0.2) is 77.7 Å². The highest BCUT2D eigenvalue weighted by Gasteiger charge is 2.20. The molecule has 0 unspecified atom stereocenters. The number of sulfonamides is 1. The number of ether oxygens (including phenoxy) is 1. The van der Waals surface area contributed by atoms with Crippen molar-refractivity contribution < 1.29 is 17.9 Å². The summed E-state index contributed by atoms with van der Waals surface area (Å²) in [6.45, 7) is 2.81. The molecule has 0 saturated heterocycles. The van der Waals surface area contributed by atoms with Crippen LogP contribution in [0.1, 0.15) is 22.8 Å². The number of benzene rings is 3. The molecule has 3 rings (SSSR count). The average molecular weight is 459 g/mol. The largest absolute Gasteiger partial charge is 0.494 e. The van der Waals surface area contributed by atoms with E-state index >= 15 is 0 Å². The Morgan fingerprint density at radius 2 is 1.71 bits per heavy atom. The van der Waals surface area contributed by atoms with E-state index in [1.807, 2.05) is 37.3 Å². The molecule has 0 spiro atoms. The Kier molecular flexibility index (Phi) is 7.55. The Morgan fingerprint density at radius 3 is 2.39 bits per heavy atom. The molecule has 3 aromatic carbocycles. The number of anilines is 1. The Labute approximate surface area is 187 Å². The summed E-state index contributed by atoms with van der Waals surface area (Å²) in [7, 11) is -3.99. The van der Waals surface area contributed by atoms with E-state index in [1.165, 1.54) is 18.2 Å². The monoisotopic (exact) mass is 458 g/mol. The number of rotatable bonds is 9. The highest BCUT2D eigenvalue weighted by atomic mass is 35.5. The van der Waals surface area contributed by atoms with Gasteiger partial charge in [-0.1, -0.05) is 41.9 Å². The molecule has 31 heavy (non-hydrogen) atoms. The summed E-state index contributed by atoms with van der Waals surface area (Å²) in [4.78, 5) is 12.3. The molecule has 2 N–H and O–H groups in total. The molecule has 0 atom stereocenters. The smallest absolute Gasteiger partial charge is 0.263 e. The van der Waals surface area contributed by atoms with Gasteiger partial charge in [0.2, 0.25) is 0 Å². The standard InChI is InChI=1S/C23H23ClN2O4S/c1-2-30-20-11-9-19(10-12-20)26-31(28,29)22-16-18(8-13-21(22)24)23(27)25-15-14-17-6-4-3-5-7-17/h3-13,16,26H,2,14-15H2,1H3,(H,25,27). The molecule has 1 amide bonds. The Balaban J connectivity index is 1.70. The molecule has 0 radical (unpaired) electrons. The lowest BCUT2D eigenvalue weighted by molar-refractivity contribution is 0.0954. The van der Waals surface area contributed by atoms with E-state index in [9.17, 15) is 13.2 Å². The van der Waals surface area contributed by atoms with Gasteiger partial charge in [-0.2, -0.15) is 0 Å². The van der Waals surface area contributed by atoms with Gasteiger partial charge < -0.3 is 10.1 Å². The lowest BCUT2D eigenvalue weighted by Gasteiger charge is -2.12. The van der Waals surface area contributed by atoms with E-state index in [2.05, 4.69) is 10.0 Å². The van der Waals surface area contributed by atoms with Crippen LogP contribution >= 0.6 is 11.6 Å². The van der Waals surface area contributed by atoms with Crippen LogP contribution in [0, 0.1) is 0 Å². The van der Waals surface area contributed by atoms with Crippen LogP contribution in [0.3, 0.4) is 0 Å². The summed E-state index contributed by atoms with van der Waals surface area (Å²) in [6.07, 6.45) is 0.671. The topological polar surface area (TPSA) is 84.5 Å². The van der Waals surface area contributed by atoms with Gasteiger partial charge in [0.1, 0.15) is 10.6 Å². The zero-order valence-corrected chi connectivity index (χ0v) is 18.5. The summed E-state index contributed by atoms with van der Waals surface area (Å²) in [5.74, 6) is 0.266. The van der Waals surface area contributed by atoms with Gasteiger partial charge in [0, 0.05) is 17.8 Å². The first-order valence-corrected chi connectivity index (χ1v) is 11.6. The van der Waals surface area contributed by atoms with Crippen molar-refractivity contribution in [1.82, 2.24) is 5.32 Å². The van der Waals surface area contributed by atoms with Crippen molar-refractivity contribution >= 4 is 33.2 Å². The summed E-state index contributed by atoms with van der Waals surface area (Å²) in [6, 6.07) is 20.5. The molecule has 0 fully saturated rings. The van der Waals surface area contributed by atoms with E-state index in [0.717, 1.165) is 5.56 Å². The maximum Gasteiger partial charge on any atom is 0.263 e. The normalized spacial score (nSPS) is 11.0.